The van der Waals surface area contributed by atoms with Gasteiger partial charge in [-0.05, 0) is 30.3 Å². The standard InChI is InChI=1S/C12H15F3N2OS/c1-2-8(7-16)11(18)17-9-5-3-4-6-10(9)19-12(13,14)15/h3-6,8H,2,7,16H2,1H3,(H,17,18). The van der Waals surface area contributed by atoms with Gasteiger partial charge >= 0.3 is 5.51 Å². The van der Waals surface area contributed by atoms with E-state index in [4.69, 9.17) is 5.73 Å². The maximum Gasteiger partial charge on any atom is 0.446 e. The van der Waals surface area contributed by atoms with Crippen LogP contribution in [0.1, 0.15) is 13.3 Å². The van der Waals surface area contributed by atoms with Crippen molar-refractivity contribution in [2.75, 3.05) is 11.9 Å². The van der Waals surface area contributed by atoms with Gasteiger partial charge in [-0.2, -0.15) is 13.2 Å². The zero-order valence-electron chi connectivity index (χ0n) is 10.3. The summed E-state index contributed by atoms with van der Waals surface area (Å²) < 4.78 is 37.1. The van der Waals surface area contributed by atoms with Crippen molar-refractivity contribution >= 4 is 23.4 Å². The van der Waals surface area contributed by atoms with Gasteiger partial charge in [0.15, 0.2) is 0 Å². The zero-order valence-corrected chi connectivity index (χ0v) is 11.1. The molecule has 3 nitrogen and oxygen atoms in total. The zero-order chi connectivity index (χ0) is 14.5. The van der Waals surface area contributed by atoms with Crippen LogP contribution in [0, 0.1) is 5.92 Å². The van der Waals surface area contributed by atoms with Gasteiger partial charge in [0.1, 0.15) is 0 Å². The minimum atomic E-state index is -4.39. The van der Waals surface area contributed by atoms with Crippen LogP contribution in [0.25, 0.3) is 0 Å². The molecule has 0 saturated carbocycles. The number of hydrogen-bond acceptors (Lipinski definition) is 3. The Kier molecular flexibility index (Phi) is 5.68. The van der Waals surface area contributed by atoms with Crippen LogP contribution in [0.3, 0.4) is 0 Å². The van der Waals surface area contributed by atoms with E-state index < -0.39 is 11.4 Å². The molecule has 0 aliphatic heterocycles. The number of thioether (sulfide) groups is 1. The first-order chi connectivity index (χ1) is 8.87. The Bertz CT molecular complexity index is 433. The van der Waals surface area contributed by atoms with E-state index in [1.54, 1.807) is 13.0 Å². The fourth-order valence-electron chi connectivity index (χ4n) is 1.48. The van der Waals surface area contributed by atoms with Gasteiger partial charge in [0.05, 0.1) is 11.6 Å². The predicted molar refractivity (Wildman–Crippen MR) is 69.8 cm³/mol. The first-order valence-electron chi connectivity index (χ1n) is 5.73. The van der Waals surface area contributed by atoms with Crippen LogP contribution in [0.2, 0.25) is 0 Å². The Balaban J connectivity index is 2.86. The van der Waals surface area contributed by atoms with Crippen molar-refractivity contribution in [1.29, 1.82) is 0 Å². The van der Waals surface area contributed by atoms with Gasteiger partial charge in [0.2, 0.25) is 5.91 Å². The summed E-state index contributed by atoms with van der Waals surface area (Å²) >= 11 is -0.250. The minimum Gasteiger partial charge on any atom is -0.330 e. The number of alkyl halides is 3. The Hall–Kier alpha value is -1.21. The molecule has 1 unspecified atom stereocenters. The van der Waals surface area contributed by atoms with Crippen LogP contribution >= 0.6 is 11.8 Å². The molecule has 0 aliphatic rings. The number of nitrogens with two attached hydrogens (primary N) is 1. The molecule has 0 saturated heterocycles. The maximum atomic E-state index is 12.4. The number of halogens is 3. The molecule has 19 heavy (non-hydrogen) atoms. The second kappa shape index (κ2) is 6.81. The molecule has 7 heteroatoms. The number of carbonyl (C=O) groups is 1. The molecular formula is C12H15F3N2OS. The van der Waals surface area contributed by atoms with Crippen LogP contribution in [-0.4, -0.2) is 18.0 Å². The average Bonchev–Trinajstić information content (AvgIpc) is 2.31. The highest BCUT2D eigenvalue weighted by molar-refractivity contribution is 8.00. The lowest BCUT2D eigenvalue weighted by Crippen LogP contribution is -2.28. The second-order valence-electron chi connectivity index (χ2n) is 3.87. The quantitative estimate of drug-likeness (QED) is 0.819. The van der Waals surface area contributed by atoms with Gasteiger partial charge in [-0.3, -0.25) is 4.79 Å². The smallest absolute Gasteiger partial charge is 0.330 e. The highest BCUT2D eigenvalue weighted by Crippen LogP contribution is 2.40. The minimum absolute atomic E-state index is 0.0322. The summed E-state index contributed by atoms with van der Waals surface area (Å²) in [6, 6.07) is 5.82. The number of carbonyl (C=O) groups excluding carboxylic acids is 1. The van der Waals surface area contributed by atoms with Crippen LogP contribution in [0.15, 0.2) is 29.2 Å². The van der Waals surface area contributed by atoms with Gasteiger partial charge in [-0.15, -0.1) is 0 Å². The lowest BCUT2D eigenvalue weighted by molar-refractivity contribution is -0.119. The Morgan fingerprint density at radius 2 is 2.05 bits per heavy atom. The summed E-state index contributed by atoms with van der Waals surface area (Å²) in [6.07, 6.45) is 0.539. The summed E-state index contributed by atoms with van der Waals surface area (Å²) in [5.41, 5.74) is 1.20. The van der Waals surface area contributed by atoms with Crippen LogP contribution in [0.4, 0.5) is 18.9 Å². The van der Waals surface area contributed by atoms with Gasteiger partial charge in [0.25, 0.3) is 0 Å². The average molecular weight is 292 g/mol. The third kappa shape index (κ3) is 5.12. The topological polar surface area (TPSA) is 55.1 Å². The van der Waals surface area contributed by atoms with E-state index in [-0.39, 0.29) is 34.8 Å². The van der Waals surface area contributed by atoms with Gasteiger partial charge in [0, 0.05) is 11.4 Å². The summed E-state index contributed by atoms with van der Waals surface area (Å²) in [6.45, 7) is 1.96. The van der Waals surface area contributed by atoms with Crippen molar-refractivity contribution in [2.45, 2.75) is 23.7 Å². The fourth-order valence-corrected chi connectivity index (χ4v) is 2.10. The number of anilines is 1. The Morgan fingerprint density at radius 3 is 2.58 bits per heavy atom. The van der Waals surface area contributed by atoms with E-state index >= 15 is 0 Å². The number of amides is 1. The molecule has 3 N–H and O–H groups in total. The highest BCUT2D eigenvalue weighted by atomic mass is 32.2. The van der Waals surface area contributed by atoms with Crippen LogP contribution in [0.5, 0.6) is 0 Å². The molecule has 0 aromatic heterocycles. The number of rotatable bonds is 5. The fraction of sp³-hybridized carbons (Fsp3) is 0.417. The van der Waals surface area contributed by atoms with Gasteiger partial charge in [-0.25, -0.2) is 0 Å². The Morgan fingerprint density at radius 1 is 1.42 bits per heavy atom. The summed E-state index contributed by atoms with van der Waals surface area (Å²) in [5.74, 6) is -0.760. The normalized spacial score (nSPS) is 13.1. The SMILES string of the molecule is CCC(CN)C(=O)Nc1ccccc1SC(F)(F)F. The monoisotopic (exact) mass is 292 g/mol. The van der Waals surface area contributed by atoms with E-state index in [2.05, 4.69) is 5.32 Å². The molecule has 1 amide bonds. The van der Waals surface area contributed by atoms with Crippen molar-refractivity contribution in [3.8, 4) is 0 Å². The van der Waals surface area contributed by atoms with Crippen molar-refractivity contribution < 1.29 is 18.0 Å². The second-order valence-corrected chi connectivity index (χ2v) is 4.98. The summed E-state index contributed by atoms with van der Waals surface area (Å²) in [5, 5.41) is 2.50. The van der Waals surface area contributed by atoms with E-state index in [1.807, 2.05) is 0 Å². The van der Waals surface area contributed by atoms with Crippen LogP contribution < -0.4 is 11.1 Å². The molecule has 1 atom stereocenters. The molecule has 0 radical (unpaired) electrons. The predicted octanol–water partition coefficient (Wildman–Crippen LogP) is 3.22. The Labute approximate surface area is 113 Å². The lowest BCUT2D eigenvalue weighted by Gasteiger charge is -2.15. The van der Waals surface area contributed by atoms with E-state index in [0.717, 1.165) is 0 Å². The lowest BCUT2D eigenvalue weighted by atomic mass is 10.1. The molecule has 0 heterocycles. The molecule has 1 rings (SSSR count). The molecule has 1 aromatic rings. The third-order valence-corrected chi connectivity index (χ3v) is 3.33. The van der Waals surface area contributed by atoms with Gasteiger partial charge in [-0.1, -0.05) is 19.1 Å². The molecule has 0 aliphatic carbocycles. The van der Waals surface area contributed by atoms with E-state index in [1.165, 1.54) is 18.2 Å². The first-order valence-corrected chi connectivity index (χ1v) is 6.54. The summed E-state index contributed by atoms with van der Waals surface area (Å²) in [7, 11) is 0. The largest absolute Gasteiger partial charge is 0.446 e. The van der Waals surface area contributed by atoms with Gasteiger partial charge < -0.3 is 11.1 Å². The van der Waals surface area contributed by atoms with E-state index in [0.29, 0.717) is 6.42 Å². The van der Waals surface area contributed by atoms with Crippen molar-refractivity contribution in [1.82, 2.24) is 0 Å². The number of benzene rings is 1. The van der Waals surface area contributed by atoms with Crippen molar-refractivity contribution in [2.24, 2.45) is 11.7 Å². The maximum absolute atomic E-state index is 12.4. The van der Waals surface area contributed by atoms with Crippen LogP contribution in [-0.2, 0) is 4.79 Å². The van der Waals surface area contributed by atoms with E-state index in [9.17, 15) is 18.0 Å². The molecule has 106 valence electrons. The number of nitrogens with one attached hydrogen (secondary N) is 1. The van der Waals surface area contributed by atoms with Crippen molar-refractivity contribution in [3.05, 3.63) is 24.3 Å². The first kappa shape index (κ1) is 15.8. The third-order valence-electron chi connectivity index (χ3n) is 2.52. The highest BCUT2D eigenvalue weighted by Gasteiger charge is 2.30. The molecule has 0 bridgehead atoms. The number of para-hydroxylation sites is 1. The number of hydrogen-bond donors (Lipinski definition) is 2. The molecular weight excluding hydrogens is 277 g/mol. The molecule has 0 fully saturated rings. The molecule has 1 aromatic carbocycles. The summed E-state index contributed by atoms with van der Waals surface area (Å²) in [4.78, 5) is 11.8. The van der Waals surface area contributed by atoms with Crippen molar-refractivity contribution in [3.63, 3.8) is 0 Å². The molecule has 0 spiro atoms.